The molecule has 2 heteroatoms. The summed E-state index contributed by atoms with van der Waals surface area (Å²) < 4.78 is 1.33. The van der Waals surface area contributed by atoms with Crippen LogP contribution in [-0.4, -0.2) is 7.05 Å². The van der Waals surface area contributed by atoms with Crippen molar-refractivity contribution < 1.29 is 0 Å². The molecule has 0 saturated carbocycles. The predicted octanol–water partition coefficient (Wildman–Crippen LogP) is 3.44. The van der Waals surface area contributed by atoms with Crippen LogP contribution >= 0.6 is 22.6 Å². The molecule has 1 aromatic carbocycles. The maximum absolute atomic E-state index is 4.01. The summed E-state index contributed by atoms with van der Waals surface area (Å²) in [6, 6.07) is 6.66. The summed E-state index contributed by atoms with van der Waals surface area (Å²) >= 11 is 2.40. The summed E-state index contributed by atoms with van der Waals surface area (Å²) in [6.45, 7) is 8.20. The minimum Gasteiger partial charge on any atom is -0.310 e. The van der Waals surface area contributed by atoms with Crippen LogP contribution in [0.3, 0.4) is 0 Å². The van der Waals surface area contributed by atoms with Gasteiger partial charge < -0.3 is 5.32 Å². The summed E-state index contributed by atoms with van der Waals surface area (Å²) in [7, 11) is 1.97. The molecule has 1 rings (SSSR count). The van der Waals surface area contributed by atoms with E-state index in [2.05, 4.69) is 66.5 Å². The number of benzene rings is 1. The molecule has 76 valence electrons. The van der Waals surface area contributed by atoms with E-state index in [0.717, 1.165) is 5.57 Å². The minimum absolute atomic E-state index is 0.266. The van der Waals surface area contributed by atoms with Crippen molar-refractivity contribution in [3.8, 4) is 0 Å². The lowest BCUT2D eigenvalue weighted by Crippen LogP contribution is -2.18. The van der Waals surface area contributed by atoms with E-state index in [1.807, 2.05) is 7.05 Å². The van der Waals surface area contributed by atoms with E-state index < -0.39 is 0 Å². The van der Waals surface area contributed by atoms with Gasteiger partial charge in [-0.05, 0) is 54.6 Å². The van der Waals surface area contributed by atoms with Crippen molar-refractivity contribution >= 4 is 22.6 Å². The average Bonchev–Trinajstić information content (AvgIpc) is 2.13. The van der Waals surface area contributed by atoms with Crippen molar-refractivity contribution in [2.75, 3.05) is 7.05 Å². The highest BCUT2D eigenvalue weighted by molar-refractivity contribution is 14.1. The smallest absolute Gasteiger partial charge is 0.0538 e. The van der Waals surface area contributed by atoms with E-state index >= 15 is 0 Å². The van der Waals surface area contributed by atoms with Crippen molar-refractivity contribution in [2.24, 2.45) is 0 Å². The lowest BCUT2D eigenvalue weighted by atomic mass is 10.00. The predicted molar refractivity (Wildman–Crippen MR) is 70.5 cm³/mol. The molecule has 0 fully saturated rings. The zero-order chi connectivity index (χ0) is 10.7. The Morgan fingerprint density at radius 3 is 2.64 bits per heavy atom. The van der Waals surface area contributed by atoms with Gasteiger partial charge in [0.1, 0.15) is 0 Å². The van der Waals surface area contributed by atoms with Crippen LogP contribution in [0.1, 0.15) is 24.1 Å². The number of hydrogen-bond acceptors (Lipinski definition) is 1. The summed E-state index contributed by atoms with van der Waals surface area (Å²) in [4.78, 5) is 0. The number of rotatable bonds is 3. The van der Waals surface area contributed by atoms with Crippen molar-refractivity contribution in [3.63, 3.8) is 0 Å². The molecule has 0 amide bonds. The molecule has 1 aromatic rings. The summed E-state index contributed by atoms with van der Waals surface area (Å²) in [6.07, 6.45) is 0. The fourth-order valence-corrected chi connectivity index (χ4v) is 2.23. The number of aryl methyl sites for hydroxylation is 1. The lowest BCUT2D eigenvalue weighted by molar-refractivity contribution is 0.676. The van der Waals surface area contributed by atoms with Gasteiger partial charge in [0, 0.05) is 3.57 Å². The highest BCUT2D eigenvalue weighted by atomic mass is 127. The third-order valence-corrected chi connectivity index (χ3v) is 3.79. The number of likely N-dealkylation sites (N-methyl/N-ethyl adjacent to an activating group) is 1. The molecule has 0 spiro atoms. The number of hydrogen-bond donors (Lipinski definition) is 1. The largest absolute Gasteiger partial charge is 0.310 e. The highest BCUT2D eigenvalue weighted by Gasteiger charge is 2.13. The monoisotopic (exact) mass is 301 g/mol. The molecule has 1 atom stereocenters. The first-order valence-corrected chi connectivity index (χ1v) is 5.73. The molecular weight excluding hydrogens is 285 g/mol. The Kier molecular flexibility index (Phi) is 4.13. The maximum atomic E-state index is 4.01. The van der Waals surface area contributed by atoms with E-state index in [1.54, 1.807) is 0 Å². The zero-order valence-corrected chi connectivity index (χ0v) is 11.1. The molecule has 14 heavy (non-hydrogen) atoms. The van der Waals surface area contributed by atoms with Crippen molar-refractivity contribution in [1.82, 2.24) is 5.32 Å². The van der Waals surface area contributed by atoms with Gasteiger partial charge in [-0.15, -0.1) is 0 Å². The van der Waals surface area contributed by atoms with E-state index in [-0.39, 0.29) is 6.04 Å². The Labute approximate surface area is 99.7 Å². The van der Waals surface area contributed by atoms with Crippen LogP contribution < -0.4 is 5.32 Å². The van der Waals surface area contributed by atoms with Gasteiger partial charge in [0.25, 0.3) is 0 Å². The molecule has 1 N–H and O–H groups in total. The molecule has 0 aromatic heterocycles. The van der Waals surface area contributed by atoms with E-state index in [1.165, 1.54) is 14.7 Å². The van der Waals surface area contributed by atoms with E-state index in [0.29, 0.717) is 0 Å². The van der Waals surface area contributed by atoms with Crippen LogP contribution in [0.15, 0.2) is 30.4 Å². The van der Waals surface area contributed by atoms with Crippen LogP contribution in [0.5, 0.6) is 0 Å². The Morgan fingerprint density at radius 1 is 1.50 bits per heavy atom. The minimum atomic E-state index is 0.266. The van der Waals surface area contributed by atoms with Gasteiger partial charge in [-0.25, -0.2) is 0 Å². The van der Waals surface area contributed by atoms with Gasteiger partial charge in [-0.2, -0.15) is 0 Å². The first-order valence-electron chi connectivity index (χ1n) is 4.65. The molecule has 1 unspecified atom stereocenters. The van der Waals surface area contributed by atoms with Gasteiger partial charge in [0.15, 0.2) is 0 Å². The fourth-order valence-electron chi connectivity index (χ4n) is 1.56. The van der Waals surface area contributed by atoms with Crippen LogP contribution in [0.4, 0.5) is 0 Å². The summed E-state index contributed by atoms with van der Waals surface area (Å²) in [5, 5.41) is 3.28. The Bertz CT molecular complexity index is 344. The standard InChI is InChI=1S/C12H16IN/c1-8(2)12(14-4)10-7-5-6-9(3)11(10)13/h5-7,12,14H,1H2,2-4H3. The zero-order valence-electron chi connectivity index (χ0n) is 8.89. The summed E-state index contributed by atoms with van der Waals surface area (Å²) in [5.74, 6) is 0. The molecule has 0 heterocycles. The molecular formula is C12H16IN. The molecule has 0 radical (unpaired) electrons. The SMILES string of the molecule is C=C(C)C(NC)c1cccc(C)c1I. The third kappa shape index (κ3) is 2.36. The lowest BCUT2D eigenvalue weighted by Gasteiger charge is -2.19. The first-order chi connectivity index (χ1) is 6.57. The van der Waals surface area contributed by atoms with Crippen molar-refractivity contribution in [1.29, 1.82) is 0 Å². The molecule has 0 aliphatic rings. The average molecular weight is 301 g/mol. The van der Waals surface area contributed by atoms with Gasteiger partial charge in [0.2, 0.25) is 0 Å². The second kappa shape index (κ2) is 4.94. The van der Waals surface area contributed by atoms with Crippen LogP contribution in [0, 0.1) is 10.5 Å². The first kappa shape index (κ1) is 11.7. The molecule has 0 saturated heterocycles. The quantitative estimate of drug-likeness (QED) is 0.666. The highest BCUT2D eigenvalue weighted by Crippen LogP contribution is 2.26. The summed E-state index contributed by atoms with van der Waals surface area (Å²) in [5.41, 5.74) is 3.79. The molecule has 0 bridgehead atoms. The Hall–Kier alpha value is -0.350. The van der Waals surface area contributed by atoms with Crippen LogP contribution in [-0.2, 0) is 0 Å². The van der Waals surface area contributed by atoms with Crippen molar-refractivity contribution in [2.45, 2.75) is 19.9 Å². The van der Waals surface area contributed by atoms with Gasteiger partial charge in [0.05, 0.1) is 6.04 Å². The number of nitrogens with one attached hydrogen (secondary N) is 1. The van der Waals surface area contributed by atoms with Crippen molar-refractivity contribution in [3.05, 3.63) is 45.0 Å². The third-order valence-electron chi connectivity index (χ3n) is 2.31. The molecule has 0 aliphatic heterocycles. The topological polar surface area (TPSA) is 12.0 Å². The Balaban J connectivity index is 3.16. The van der Waals surface area contributed by atoms with Crippen LogP contribution in [0.2, 0.25) is 0 Å². The molecule has 0 aliphatic carbocycles. The van der Waals surface area contributed by atoms with Gasteiger partial charge in [-0.1, -0.05) is 30.4 Å². The second-order valence-electron chi connectivity index (χ2n) is 3.55. The second-order valence-corrected chi connectivity index (χ2v) is 4.62. The van der Waals surface area contributed by atoms with Gasteiger partial charge >= 0.3 is 0 Å². The number of halogens is 1. The normalized spacial score (nSPS) is 12.6. The Morgan fingerprint density at radius 2 is 2.14 bits per heavy atom. The van der Waals surface area contributed by atoms with E-state index in [9.17, 15) is 0 Å². The van der Waals surface area contributed by atoms with Crippen LogP contribution in [0.25, 0.3) is 0 Å². The van der Waals surface area contributed by atoms with E-state index in [4.69, 9.17) is 0 Å². The fraction of sp³-hybridized carbons (Fsp3) is 0.333. The molecule has 1 nitrogen and oxygen atoms in total. The maximum Gasteiger partial charge on any atom is 0.0538 e. The van der Waals surface area contributed by atoms with Gasteiger partial charge in [-0.3, -0.25) is 0 Å².